The van der Waals surface area contributed by atoms with Gasteiger partial charge in [0.25, 0.3) is 17.7 Å². The van der Waals surface area contributed by atoms with Gasteiger partial charge in [0.1, 0.15) is 88.3 Å². The van der Waals surface area contributed by atoms with E-state index in [0.29, 0.717) is 114 Å². The predicted octanol–water partition coefficient (Wildman–Crippen LogP) is 9.54. The van der Waals surface area contributed by atoms with E-state index in [1.807, 2.05) is 13.8 Å². The number of carboxylic acid groups (broad SMARTS) is 2. The van der Waals surface area contributed by atoms with Gasteiger partial charge in [0.05, 0.1) is 48.1 Å². The van der Waals surface area contributed by atoms with E-state index in [0.717, 1.165) is 34.0 Å². The Morgan fingerprint density at radius 2 is 1.40 bits per heavy atom. The lowest BCUT2D eigenvalue weighted by Crippen LogP contribution is -2.40. The van der Waals surface area contributed by atoms with Crippen LogP contribution in [0.3, 0.4) is 0 Å². The van der Waals surface area contributed by atoms with Crippen LogP contribution in [0.1, 0.15) is 158 Å². The molecular formula is C61H65N13O13S6. The molecule has 1 saturated carbocycles. The molecule has 0 spiro atoms. The Morgan fingerprint density at radius 3 is 2.13 bits per heavy atom. The van der Waals surface area contributed by atoms with Crippen molar-refractivity contribution >= 4 is 121 Å². The van der Waals surface area contributed by atoms with Gasteiger partial charge in [-0.15, -0.1) is 68.0 Å². The van der Waals surface area contributed by atoms with E-state index in [-0.39, 0.29) is 59.8 Å². The lowest BCUT2D eigenvalue weighted by atomic mass is 9.87. The number of aliphatic carboxylic acids is 2. The number of aliphatic hydroxyl groups is 1. The number of anilines is 1. The van der Waals surface area contributed by atoms with E-state index in [1.165, 1.54) is 53.1 Å². The number of amides is 6. The average Bonchev–Trinajstić information content (AvgIpc) is 1.75. The van der Waals surface area contributed by atoms with Crippen molar-refractivity contribution in [3.05, 3.63) is 111 Å². The molecule has 0 saturated heterocycles. The van der Waals surface area contributed by atoms with Crippen LogP contribution in [-0.2, 0) is 35.3 Å². The molecule has 1 fully saturated rings. The summed E-state index contributed by atoms with van der Waals surface area (Å²) in [5, 5.41) is 53.8. The standard InChI is InChI=1S/C61H65N13O13S6/c1-29(2)45-59-73-48(40(93-59)24-86-5)52(81)63-23-43(76)70-49(50(79)31-12-8-6-9-13-31)58-68-39(27-90-58)56-66-37(25-89-56)47-34(54-67-38(26-88-54)51(80)65-36(22-42(75)62-4)57-72-46(30(3)92-57)53(82)71-45)19-20-35(64-47)55-69-41(28-91-55)74(21-11-7-10-14-44(77)78)61(85)87-33-17-15-32(16-18-33)60(83)84/h6,8-9,12-13,19-20,25-29,32-33,36,45,49-50,79H,7,10-11,14-18,21-24H2,1-5H3,(H,62,75)(H,63,81)(H,65,80)(H,70,76)(H,71,82)(H,77,78)(H,83,84)/t32?,33?,36-,45?,49-,50-/m0/s1. The van der Waals surface area contributed by atoms with Gasteiger partial charge in [-0.1, -0.05) is 50.6 Å². The number of hydrogen-bond acceptors (Lipinski definition) is 24. The average molecular weight is 1380 g/mol. The van der Waals surface area contributed by atoms with E-state index in [1.54, 1.807) is 70.9 Å². The van der Waals surface area contributed by atoms with Crippen LogP contribution in [0.2, 0.25) is 0 Å². The van der Waals surface area contributed by atoms with Gasteiger partial charge < -0.3 is 51.4 Å². The van der Waals surface area contributed by atoms with Crippen LogP contribution < -0.4 is 31.5 Å². The minimum Gasteiger partial charge on any atom is -0.481 e. The third-order valence-electron chi connectivity index (χ3n) is 15.3. The van der Waals surface area contributed by atoms with Crippen molar-refractivity contribution in [2.45, 2.75) is 115 Å². The molecule has 8 N–H and O–H groups in total. The Kier molecular flexibility index (Phi) is 22.2. The highest BCUT2D eigenvalue weighted by atomic mass is 32.1. The molecule has 26 nitrogen and oxygen atoms in total. The molecule has 1 aliphatic heterocycles. The number of methoxy groups -OCH3 is 1. The fourth-order valence-electron chi connectivity index (χ4n) is 10.4. The molecule has 8 aromatic rings. The summed E-state index contributed by atoms with van der Waals surface area (Å²) < 4.78 is 11.4. The third kappa shape index (κ3) is 16.3. The zero-order chi connectivity index (χ0) is 66.0. The Hall–Kier alpha value is -8.37. The van der Waals surface area contributed by atoms with Crippen molar-refractivity contribution in [2.24, 2.45) is 11.8 Å². The summed E-state index contributed by atoms with van der Waals surface area (Å²) in [6.45, 7) is 5.05. The highest BCUT2D eigenvalue weighted by molar-refractivity contribution is 7.15. The number of carbonyl (C=O) groups excluding carboxylic acids is 6. The van der Waals surface area contributed by atoms with E-state index in [4.69, 9.17) is 44.4 Å². The van der Waals surface area contributed by atoms with Crippen molar-refractivity contribution in [3.63, 3.8) is 0 Å². The number of rotatable bonds is 17. The van der Waals surface area contributed by atoms with Gasteiger partial charge in [0.15, 0.2) is 0 Å². The number of ether oxygens (including phenoxy) is 2. The SMILES string of the molecule is CNC(=O)C[C@@H]1NC(=O)c2csc(n2)-c2ccc(-c3nc(N(CCCCCC(=O)O)C(=O)OC4CCC(C(=O)O)CC4)cs3)nc2-c2csc(n2)-c2csc(n2)[C@H]([C@@H](O)c2ccccc2)NC(=O)CNC(=O)c2nc(sc2COC)C(C(C)C)NC(=O)c2nc1sc2C. The molecule has 32 heteroatoms. The number of nitrogens with zero attached hydrogens (tertiary/aromatic N) is 8. The first-order valence-electron chi connectivity index (χ1n) is 29.6. The Morgan fingerprint density at radius 1 is 0.688 bits per heavy atom. The molecule has 0 radical (unpaired) electrons. The highest BCUT2D eigenvalue weighted by Crippen LogP contribution is 2.41. The second-order valence-electron chi connectivity index (χ2n) is 22.2. The van der Waals surface area contributed by atoms with Gasteiger partial charge in [-0.25, -0.2) is 39.7 Å². The summed E-state index contributed by atoms with van der Waals surface area (Å²) in [5.41, 5.74) is 2.41. The zero-order valence-corrected chi connectivity index (χ0v) is 55.7. The monoisotopic (exact) mass is 1380 g/mol. The van der Waals surface area contributed by atoms with Crippen molar-refractivity contribution in [1.82, 2.24) is 61.5 Å². The smallest absolute Gasteiger partial charge is 0.415 e. The summed E-state index contributed by atoms with van der Waals surface area (Å²) in [6, 6.07) is 9.31. The maximum absolute atomic E-state index is 14.4. The van der Waals surface area contributed by atoms with Gasteiger partial charge in [-0.05, 0) is 69.1 Å². The minimum atomic E-state index is -1.31. The largest absolute Gasteiger partial charge is 0.481 e. The van der Waals surface area contributed by atoms with Crippen molar-refractivity contribution in [3.8, 4) is 43.4 Å². The quantitative estimate of drug-likeness (QED) is 0.0393. The highest BCUT2D eigenvalue weighted by Gasteiger charge is 2.35. The van der Waals surface area contributed by atoms with E-state index >= 15 is 0 Å². The summed E-state index contributed by atoms with van der Waals surface area (Å²) in [5.74, 6) is -5.33. The number of pyridine rings is 1. The molecule has 6 amide bonds. The van der Waals surface area contributed by atoms with Gasteiger partial charge in [-0.3, -0.25) is 38.5 Å². The first-order chi connectivity index (χ1) is 44.7. The number of aryl methyl sites for hydroxylation is 1. The van der Waals surface area contributed by atoms with Crippen LogP contribution in [0.4, 0.5) is 10.6 Å². The fourth-order valence-corrected chi connectivity index (χ4v) is 15.9. The van der Waals surface area contributed by atoms with Crippen molar-refractivity contribution in [2.75, 3.05) is 32.1 Å². The summed E-state index contributed by atoms with van der Waals surface area (Å²) in [7, 11) is 2.92. The van der Waals surface area contributed by atoms with Crippen LogP contribution in [0.5, 0.6) is 0 Å². The zero-order valence-electron chi connectivity index (χ0n) is 50.8. The van der Waals surface area contributed by atoms with Gasteiger partial charge in [0.2, 0.25) is 11.8 Å². The maximum atomic E-state index is 14.4. The molecule has 1 unspecified atom stereocenters. The Bertz CT molecular complexity index is 4040. The summed E-state index contributed by atoms with van der Waals surface area (Å²) in [4.78, 5) is 143. The molecule has 2 aliphatic rings. The number of nitrogens with one attached hydrogen (secondary N) is 5. The number of carboxylic acids is 2. The Labute approximate surface area is 556 Å². The first kappa shape index (κ1) is 67.5. The Balaban J connectivity index is 1.03. The molecule has 8 heterocycles. The van der Waals surface area contributed by atoms with Crippen LogP contribution in [0.25, 0.3) is 43.4 Å². The van der Waals surface area contributed by atoms with Gasteiger partial charge in [-0.2, -0.15) is 0 Å². The fraction of sp³-hybridized carbons (Fsp3) is 0.393. The topological polar surface area (TPSA) is 369 Å². The van der Waals surface area contributed by atoms with Crippen LogP contribution in [0, 0.1) is 18.8 Å². The third-order valence-corrected chi connectivity index (χ3v) is 21.0. The number of carbonyl (C=O) groups is 8. The molecule has 1 aliphatic carbocycles. The van der Waals surface area contributed by atoms with E-state index in [2.05, 4.69) is 26.6 Å². The second kappa shape index (κ2) is 30.6. The molecule has 488 valence electrons. The first-order valence-corrected chi connectivity index (χ1v) is 34.8. The number of fused-ring (bicyclic) bond motifs is 14. The molecule has 1 aromatic carbocycles. The number of benzene rings is 1. The summed E-state index contributed by atoms with van der Waals surface area (Å²) >= 11 is 7.04. The lowest BCUT2D eigenvalue weighted by Gasteiger charge is -2.28. The van der Waals surface area contributed by atoms with Crippen molar-refractivity contribution < 1.29 is 63.1 Å². The molecule has 10 bridgehead atoms. The van der Waals surface area contributed by atoms with Gasteiger partial charge >= 0.3 is 18.0 Å². The second-order valence-corrected chi connectivity index (χ2v) is 28.0. The van der Waals surface area contributed by atoms with Crippen LogP contribution >= 0.6 is 68.0 Å². The molecule has 93 heavy (non-hydrogen) atoms. The summed E-state index contributed by atoms with van der Waals surface area (Å²) in [6.07, 6.45) is 0.0259. The molecule has 7 aromatic heterocycles. The van der Waals surface area contributed by atoms with E-state index < -0.39 is 90.4 Å². The minimum absolute atomic E-state index is 0.00556. The lowest BCUT2D eigenvalue weighted by molar-refractivity contribution is -0.143. The number of aliphatic hydroxyl groups excluding tert-OH is 1. The van der Waals surface area contributed by atoms with E-state index in [9.17, 15) is 53.7 Å². The normalized spacial score (nSPS) is 18.3. The van der Waals surface area contributed by atoms with Crippen molar-refractivity contribution in [1.29, 1.82) is 0 Å². The number of unbranched alkanes of at least 4 members (excludes halogenated alkanes) is 2. The number of aromatic nitrogens is 7. The number of thiazole rings is 6. The predicted molar refractivity (Wildman–Crippen MR) is 350 cm³/mol. The number of hydrogen-bond donors (Lipinski definition) is 8. The van der Waals surface area contributed by atoms with Gasteiger partial charge in [0, 0.05) is 59.1 Å². The van der Waals surface area contributed by atoms with Crippen LogP contribution in [-0.4, -0.2) is 131 Å². The molecule has 4 atom stereocenters. The maximum Gasteiger partial charge on any atom is 0.415 e. The molecule has 10 rings (SSSR count). The van der Waals surface area contributed by atoms with Crippen LogP contribution in [0.15, 0.2) is 64.0 Å². The molecular weight excluding hydrogens is 1320 g/mol.